The average Bonchev–Trinajstić information content (AvgIpc) is 2.68. The second kappa shape index (κ2) is 7.33. The van der Waals surface area contributed by atoms with Crippen LogP contribution in [0.2, 0.25) is 0 Å². The number of aliphatic imine (C=N–C) groups is 1. The summed E-state index contributed by atoms with van der Waals surface area (Å²) < 4.78 is 3.10. The fourth-order valence-corrected chi connectivity index (χ4v) is 2.31. The van der Waals surface area contributed by atoms with E-state index >= 15 is 0 Å². The molecule has 7 heteroatoms. The number of carbonyl (C=O) groups is 1. The number of nitrogens with zero attached hydrogens (tertiary/aromatic N) is 4. The number of guanidine groups is 1. The van der Waals surface area contributed by atoms with Gasteiger partial charge in [0, 0.05) is 51.6 Å². The Morgan fingerprint density at radius 1 is 1.45 bits per heavy atom. The molecule has 0 spiro atoms. The Kier molecular flexibility index (Phi) is 6.06. The van der Waals surface area contributed by atoms with Gasteiger partial charge in [-0.25, -0.2) is 0 Å². The van der Waals surface area contributed by atoms with Crippen LogP contribution < -0.4 is 5.32 Å². The van der Waals surface area contributed by atoms with Gasteiger partial charge in [-0.1, -0.05) is 0 Å². The first-order valence-corrected chi connectivity index (χ1v) is 7.07. The van der Waals surface area contributed by atoms with Crippen LogP contribution in [-0.4, -0.2) is 61.0 Å². The van der Waals surface area contributed by atoms with Crippen molar-refractivity contribution in [2.24, 2.45) is 12.0 Å². The average molecular weight is 344 g/mol. The van der Waals surface area contributed by atoms with E-state index in [-0.39, 0.29) is 12.5 Å². The van der Waals surface area contributed by atoms with E-state index in [4.69, 9.17) is 0 Å². The fraction of sp³-hybridized carbons (Fsp3) is 0.538. The van der Waals surface area contributed by atoms with E-state index < -0.39 is 0 Å². The first kappa shape index (κ1) is 16.6. The topological polar surface area (TPSA) is 52.9 Å². The number of aryl methyl sites for hydroxylation is 1. The van der Waals surface area contributed by atoms with Crippen molar-refractivity contribution < 1.29 is 4.79 Å². The van der Waals surface area contributed by atoms with Gasteiger partial charge in [-0.2, -0.15) is 0 Å². The van der Waals surface area contributed by atoms with Gasteiger partial charge < -0.3 is 19.7 Å². The van der Waals surface area contributed by atoms with Crippen molar-refractivity contribution in [3.8, 4) is 0 Å². The minimum atomic E-state index is 0.0150. The van der Waals surface area contributed by atoms with Gasteiger partial charge in [-0.15, -0.1) is 0 Å². The Balaban J connectivity index is 2.62. The summed E-state index contributed by atoms with van der Waals surface area (Å²) in [5, 5.41) is 3.06. The molecule has 0 saturated heterocycles. The van der Waals surface area contributed by atoms with Crippen LogP contribution in [0.5, 0.6) is 0 Å². The normalized spacial score (nSPS) is 11.4. The van der Waals surface area contributed by atoms with E-state index in [9.17, 15) is 4.79 Å². The molecule has 112 valence electrons. The van der Waals surface area contributed by atoms with Crippen LogP contribution in [0.4, 0.5) is 0 Å². The Bertz CT molecular complexity index is 495. The van der Waals surface area contributed by atoms with Gasteiger partial charge in [0.05, 0.1) is 13.1 Å². The predicted molar refractivity (Wildman–Crippen MR) is 84.6 cm³/mol. The van der Waals surface area contributed by atoms with Gasteiger partial charge in [0.2, 0.25) is 5.91 Å². The van der Waals surface area contributed by atoms with Crippen molar-refractivity contribution in [1.82, 2.24) is 19.7 Å². The molecule has 1 amide bonds. The molecule has 1 rings (SSSR count). The molecular formula is C13H22BrN5O. The SMILES string of the molecule is CN=C(NCC(=O)N(C)C)N(C)Cc1cc(Br)cn1C. The third-order valence-corrected chi connectivity index (χ3v) is 3.38. The number of carbonyl (C=O) groups excluding carboxylic acids is 1. The zero-order valence-corrected chi connectivity index (χ0v) is 14.2. The molecule has 0 fully saturated rings. The highest BCUT2D eigenvalue weighted by Gasteiger charge is 2.11. The molecular weight excluding hydrogens is 322 g/mol. The smallest absolute Gasteiger partial charge is 0.241 e. The van der Waals surface area contributed by atoms with Gasteiger partial charge in [-0.3, -0.25) is 9.79 Å². The molecule has 0 unspecified atom stereocenters. The number of halogens is 1. The van der Waals surface area contributed by atoms with E-state index in [1.807, 2.05) is 25.2 Å². The van der Waals surface area contributed by atoms with E-state index in [2.05, 4.69) is 36.9 Å². The summed E-state index contributed by atoms with van der Waals surface area (Å²) in [7, 11) is 9.12. The molecule has 0 saturated carbocycles. The van der Waals surface area contributed by atoms with Gasteiger partial charge in [0.1, 0.15) is 0 Å². The molecule has 1 N–H and O–H groups in total. The second-order valence-electron chi connectivity index (χ2n) is 4.81. The fourth-order valence-electron chi connectivity index (χ4n) is 1.74. The molecule has 6 nitrogen and oxygen atoms in total. The lowest BCUT2D eigenvalue weighted by Crippen LogP contribution is -2.43. The number of hydrogen-bond acceptors (Lipinski definition) is 2. The van der Waals surface area contributed by atoms with Gasteiger partial charge in [-0.05, 0) is 22.0 Å². The Morgan fingerprint density at radius 3 is 2.55 bits per heavy atom. The van der Waals surface area contributed by atoms with Crippen molar-refractivity contribution in [1.29, 1.82) is 0 Å². The first-order chi connectivity index (χ1) is 9.35. The van der Waals surface area contributed by atoms with Gasteiger partial charge >= 0.3 is 0 Å². The minimum Gasteiger partial charge on any atom is -0.352 e. The third kappa shape index (κ3) is 4.56. The summed E-state index contributed by atoms with van der Waals surface area (Å²) in [6, 6.07) is 2.06. The van der Waals surface area contributed by atoms with Crippen molar-refractivity contribution in [2.45, 2.75) is 6.54 Å². The van der Waals surface area contributed by atoms with Crippen LogP contribution in [0.1, 0.15) is 5.69 Å². The molecule has 1 heterocycles. The quantitative estimate of drug-likeness (QED) is 0.652. The van der Waals surface area contributed by atoms with Crippen LogP contribution >= 0.6 is 15.9 Å². The first-order valence-electron chi connectivity index (χ1n) is 6.27. The largest absolute Gasteiger partial charge is 0.352 e. The summed E-state index contributed by atoms with van der Waals surface area (Å²) >= 11 is 3.46. The van der Waals surface area contributed by atoms with E-state index in [1.165, 1.54) is 0 Å². The van der Waals surface area contributed by atoms with Crippen molar-refractivity contribution in [2.75, 3.05) is 34.7 Å². The number of hydrogen-bond donors (Lipinski definition) is 1. The maximum Gasteiger partial charge on any atom is 0.241 e. The molecule has 1 aromatic rings. The number of nitrogens with one attached hydrogen (secondary N) is 1. The third-order valence-electron chi connectivity index (χ3n) is 2.94. The number of amides is 1. The van der Waals surface area contributed by atoms with Gasteiger partial charge in [0.15, 0.2) is 5.96 Å². The van der Waals surface area contributed by atoms with E-state index in [0.717, 1.165) is 10.2 Å². The monoisotopic (exact) mass is 343 g/mol. The highest BCUT2D eigenvalue weighted by atomic mass is 79.9. The van der Waals surface area contributed by atoms with Crippen LogP contribution in [0.15, 0.2) is 21.7 Å². The van der Waals surface area contributed by atoms with Crippen LogP contribution in [0, 0.1) is 0 Å². The highest BCUT2D eigenvalue weighted by molar-refractivity contribution is 9.10. The Labute approximate surface area is 128 Å². The molecule has 0 aromatic carbocycles. The summed E-state index contributed by atoms with van der Waals surface area (Å²) in [5.41, 5.74) is 1.15. The molecule has 0 aliphatic carbocycles. The molecule has 0 radical (unpaired) electrons. The zero-order chi connectivity index (χ0) is 15.3. The van der Waals surface area contributed by atoms with Crippen LogP contribution in [0.3, 0.4) is 0 Å². The Hall–Kier alpha value is -1.50. The number of aromatic nitrogens is 1. The summed E-state index contributed by atoms with van der Waals surface area (Å²) in [6.45, 7) is 0.943. The second-order valence-corrected chi connectivity index (χ2v) is 5.72. The molecule has 1 aromatic heterocycles. The lowest BCUT2D eigenvalue weighted by Gasteiger charge is -2.22. The number of likely N-dealkylation sites (N-methyl/N-ethyl adjacent to an activating group) is 1. The van der Waals surface area contributed by atoms with Crippen LogP contribution in [-0.2, 0) is 18.4 Å². The van der Waals surface area contributed by atoms with Crippen molar-refractivity contribution >= 4 is 27.8 Å². The number of rotatable bonds is 4. The maximum atomic E-state index is 11.6. The van der Waals surface area contributed by atoms with Crippen molar-refractivity contribution in [3.05, 3.63) is 22.4 Å². The predicted octanol–water partition coefficient (Wildman–Crippen LogP) is 0.883. The molecule has 0 aliphatic heterocycles. The lowest BCUT2D eigenvalue weighted by atomic mass is 10.4. The molecule has 20 heavy (non-hydrogen) atoms. The van der Waals surface area contributed by atoms with E-state index in [0.29, 0.717) is 12.5 Å². The van der Waals surface area contributed by atoms with Crippen LogP contribution in [0.25, 0.3) is 0 Å². The van der Waals surface area contributed by atoms with E-state index in [1.54, 1.807) is 26.0 Å². The lowest BCUT2D eigenvalue weighted by molar-refractivity contribution is -0.127. The summed E-state index contributed by atoms with van der Waals surface area (Å²) in [4.78, 5) is 19.3. The zero-order valence-electron chi connectivity index (χ0n) is 12.6. The Morgan fingerprint density at radius 2 is 2.10 bits per heavy atom. The minimum absolute atomic E-state index is 0.0150. The molecule has 0 aliphatic rings. The molecule has 0 atom stereocenters. The molecule has 0 bridgehead atoms. The van der Waals surface area contributed by atoms with Gasteiger partial charge in [0.25, 0.3) is 0 Å². The van der Waals surface area contributed by atoms with Crippen molar-refractivity contribution in [3.63, 3.8) is 0 Å². The summed E-state index contributed by atoms with van der Waals surface area (Å²) in [6.07, 6.45) is 2.01. The summed E-state index contributed by atoms with van der Waals surface area (Å²) in [5.74, 6) is 0.707. The highest BCUT2D eigenvalue weighted by Crippen LogP contribution is 2.14. The maximum absolute atomic E-state index is 11.6. The standard InChI is InChI=1S/C13H22BrN5O/c1-15-13(16-7-12(20)17(2)3)19(5)9-11-6-10(14)8-18(11)4/h6,8H,7,9H2,1-5H3,(H,15,16).